The van der Waals surface area contributed by atoms with Crippen molar-refractivity contribution in [2.75, 3.05) is 17.2 Å². The van der Waals surface area contributed by atoms with Crippen LogP contribution < -0.4 is 15.4 Å². The maximum atomic E-state index is 12.5. The van der Waals surface area contributed by atoms with Crippen molar-refractivity contribution in [3.63, 3.8) is 0 Å². The van der Waals surface area contributed by atoms with Crippen LogP contribution in [0.15, 0.2) is 66.7 Å². The van der Waals surface area contributed by atoms with Crippen LogP contribution in [0.3, 0.4) is 0 Å². The zero-order chi connectivity index (χ0) is 19.9. The van der Waals surface area contributed by atoms with Gasteiger partial charge in [-0.1, -0.05) is 29.8 Å². The number of ether oxygens (including phenoxy) is 1. The molecule has 0 spiro atoms. The van der Waals surface area contributed by atoms with E-state index in [0.29, 0.717) is 23.0 Å². The smallest absolute Gasteiger partial charge is 0.274 e. The molecular formula is C21H18ClN3O3. The van der Waals surface area contributed by atoms with Gasteiger partial charge in [0.05, 0.1) is 17.3 Å². The van der Waals surface area contributed by atoms with Crippen LogP contribution in [0.2, 0.25) is 5.02 Å². The van der Waals surface area contributed by atoms with Crippen molar-refractivity contribution < 1.29 is 14.3 Å². The number of nitrogens with one attached hydrogen (secondary N) is 2. The molecule has 2 amide bonds. The van der Waals surface area contributed by atoms with E-state index in [1.807, 2.05) is 6.92 Å². The number of pyridine rings is 1. The van der Waals surface area contributed by atoms with E-state index in [9.17, 15) is 9.59 Å². The molecule has 0 atom stereocenters. The van der Waals surface area contributed by atoms with Crippen LogP contribution in [0.4, 0.5) is 11.4 Å². The molecule has 28 heavy (non-hydrogen) atoms. The van der Waals surface area contributed by atoms with Crippen molar-refractivity contribution in [1.29, 1.82) is 0 Å². The number of carbonyl (C=O) groups excluding carboxylic acids is 2. The summed E-state index contributed by atoms with van der Waals surface area (Å²) in [5.41, 5.74) is 1.31. The molecule has 142 valence electrons. The number of amides is 2. The summed E-state index contributed by atoms with van der Waals surface area (Å²) in [6.07, 6.45) is 0. The van der Waals surface area contributed by atoms with Crippen LogP contribution in [-0.4, -0.2) is 23.4 Å². The lowest BCUT2D eigenvalue weighted by molar-refractivity contribution is 0.101. The molecule has 1 heterocycles. The Labute approximate surface area is 167 Å². The molecule has 0 saturated heterocycles. The fourth-order valence-corrected chi connectivity index (χ4v) is 2.62. The molecule has 0 aliphatic heterocycles. The van der Waals surface area contributed by atoms with Gasteiger partial charge >= 0.3 is 0 Å². The number of anilines is 2. The summed E-state index contributed by atoms with van der Waals surface area (Å²) in [6.45, 7) is 2.47. The van der Waals surface area contributed by atoms with Crippen molar-refractivity contribution in [3.8, 4) is 5.75 Å². The van der Waals surface area contributed by atoms with E-state index in [1.54, 1.807) is 54.6 Å². The number of hydrogen-bond donors (Lipinski definition) is 2. The molecule has 0 radical (unpaired) electrons. The Bertz CT molecular complexity index is 990. The molecule has 0 unspecified atom stereocenters. The highest BCUT2D eigenvalue weighted by Gasteiger charge is 2.14. The van der Waals surface area contributed by atoms with Crippen LogP contribution in [0.1, 0.15) is 27.9 Å². The minimum Gasteiger partial charge on any atom is -0.494 e. The van der Waals surface area contributed by atoms with Crippen LogP contribution in [0.5, 0.6) is 5.75 Å². The number of rotatable bonds is 6. The van der Waals surface area contributed by atoms with E-state index in [1.165, 1.54) is 12.1 Å². The Kier molecular flexibility index (Phi) is 6.24. The Morgan fingerprint density at radius 3 is 2.18 bits per heavy atom. The molecule has 0 aliphatic carbocycles. The first-order chi connectivity index (χ1) is 13.6. The average molecular weight is 396 g/mol. The fourth-order valence-electron chi connectivity index (χ4n) is 2.43. The summed E-state index contributed by atoms with van der Waals surface area (Å²) in [6, 6.07) is 18.5. The van der Waals surface area contributed by atoms with E-state index in [4.69, 9.17) is 16.3 Å². The summed E-state index contributed by atoms with van der Waals surface area (Å²) >= 11 is 6.05. The van der Waals surface area contributed by atoms with Gasteiger partial charge in [0.1, 0.15) is 17.1 Å². The van der Waals surface area contributed by atoms with Crippen molar-refractivity contribution in [2.24, 2.45) is 0 Å². The van der Waals surface area contributed by atoms with Crippen LogP contribution >= 0.6 is 11.6 Å². The number of halogens is 1. The molecule has 3 aromatic rings. The highest BCUT2D eigenvalue weighted by atomic mass is 35.5. The maximum Gasteiger partial charge on any atom is 0.274 e. The second-order valence-corrected chi connectivity index (χ2v) is 6.16. The molecule has 0 aliphatic rings. The van der Waals surface area contributed by atoms with Crippen molar-refractivity contribution >= 4 is 34.8 Å². The van der Waals surface area contributed by atoms with Crippen molar-refractivity contribution in [2.45, 2.75) is 6.92 Å². The second kappa shape index (κ2) is 9.01. The number of para-hydroxylation sites is 1. The standard InChI is InChI=1S/C21H18ClN3O3/c1-2-28-15-12-10-14(11-13-15)23-20(26)18-8-5-9-19(24-18)21(27)25-17-7-4-3-6-16(17)22/h3-13H,2H2,1H3,(H,23,26)(H,25,27). The summed E-state index contributed by atoms with van der Waals surface area (Å²) < 4.78 is 5.37. The predicted molar refractivity (Wildman–Crippen MR) is 109 cm³/mol. The van der Waals surface area contributed by atoms with Gasteiger partial charge in [-0.15, -0.1) is 0 Å². The minimum atomic E-state index is -0.455. The fraction of sp³-hybridized carbons (Fsp3) is 0.0952. The van der Waals surface area contributed by atoms with E-state index < -0.39 is 11.8 Å². The minimum absolute atomic E-state index is 0.110. The zero-order valence-corrected chi connectivity index (χ0v) is 15.9. The van der Waals surface area contributed by atoms with Gasteiger partial charge < -0.3 is 15.4 Å². The Balaban J connectivity index is 1.70. The number of hydrogen-bond acceptors (Lipinski definition) is 4. The SMILES string of the molecule is CCOc1ccc(NC(=O)c2cccc(C(=O)Nc3ccccc3Cl)n2)cc1. The molecule has 0 saturated carbocycles. The Morgan fingerprint density at radius 1 is 0.893 bits per heavy atom. The van der Waals surface area contributed by atoms with E-state index in [0.717, 1.165) is 5.75 Å². The zero-order valence-electron chi connectivity index (χ0n) is 15.1. The van der Waals surface area contributed by atoms with Gasteiger partial charge in [-0.3, -0.25) is 9.59 Å². The summed E-state index contributed by atoms with van der Waals surface area (Å²) in [7, 11) is 0. The summed E-state index contributed by atoms with van der Waals surface area (Å²) in [4.78, 5) is 29.0. The van der Waals surface area contributed by atoms with Crippen molar-refractivity contribution in [1.82, 2.24) is 4.98 Å². The first-order valence-electron chi connectivity index (χ1n) is 8.64. The van der Waals surface area contributed by atoms with Gasteiger partial charge in [0.15, 0.2) is 0 Å². The number of benzene rings is 2. The monoisotopic (exact) mass is 395 g/mol. The average Bonchev–Trinajstić information content (AvgIpc) is 2.71. The molecule has 6 nitrogen and oxygen atoms in total. The molecule has 3 rings (SSSR count). The van der Waals surface area contributed by atoms with E-state index in [2.05, 4.69) is 15.6 Å². The molecule has 1 aromatic heterocycles. The van der Waals surface area contributed by atoms with Gasteiger partial charge in [0.25, 0.3) is 11.8 Å². The predicted octanol–water partition coefficient (Wildman–Crippen LogP) is 4.64. The summed E-state index contributed by atoms with van der Waals surface area (Å²) in [5.74, 6) is -0.155. The van der Waals surface area contributed by atoms with Crippen molar-refractivity contribution in [3.05, 3.63) is 83.1 Å². The largest absolute Gasteiger partial charge is 0.494 e. The highest BCUT2D eigenvalue weighted by molar-refractivity contribution is 6.33. The van der Waals surface area contributed by atoms with Gasteiger partial charge in [-0.25, -0.2) is 4.98 Å². The molecule has 2 aromatic carbocycles. The van der Waals surface area contributed by atoms with Gasteiger partial charge in [-0.2, -0.15) is 0 Å². The maximum absolute atomic E-state index is 12.5. The third kappa shape index (κ3) is 4.86. The third-order valence-corrected chi connectivity index (χ3v) is 4.09. The van der Waals surface area contributed by atoms with Gasteiger partial charge in [0.2, 0.25) is 0 Å². The van der Waals surface area contributed by atoms with Crippen LogP contribution in [0.25, 0.3) is 0 Å². The number of nitrogens with zero attached hydrogens (tertiary/aromatic N) is 1. The second-order valence-electron chi connectivity index (χ2n) is 5.75. The third-order valence-electron chi connectivity index (χ3n) is 3.76. The lowest BCUT2D eigenvalue weighted by Gasteiger charge is -2.09. The Hall–Kier alpha value is -3.38. The molecular weight excluding hydrogens is 378 g/mol. The molecule has 7 heteroatoms. The summed E-state index contributed by atoms with van der Waals surface area (Å²) in [5, 5.41) is 5.84. The molecule has 0 bridgehead atoms. The first kappa shape index (κ1) is 19.4. The highest BCUT2D eigenvalue weighted by Crippen LogP contribution is 2.21. The van der Waals surface area contributed by atoms with E-state index >= 15 is 0 Å². The number of aromatic nitrogens is 1. The first-order valence-corrected chi connectivity index (χ1v) is 9.02. The molecule has 2 N–H and O–H groups in total. The normalized spacial score (nSPS) is 10.2. The Morgan fingerprint density at radius 2 is 1.54 bits per heavy atom. The van der Waals surface area contributed by atoms with Gasteiger partial charge in [-0.05, 0) is 55.5 Å². The topological polar surface area (TPSA) is 80.3 Å². The van der Waals surface area contributed by atoms with Crippen LogP contribution in [-0.2, 0) is 0 Å². The lowest BCUT2D eigenvalue weighted by Crippen LogP contribution is -2.18. The number of carbonyl (C=O) groups is 2. The quantitative estimate of drug-likeness (QED) is 0.637. The van der Waals surface area contributed by atoms with Crippen LogP contribution in [0, 0.1) is 0 Å². The molecule has 0 fully saturated rings. The lowest BCUT2D eigenvalue weighted by atomic mass is 10.2. The van der Waals surface area contributed by atoms with Gasteiger partial charge in [0, 0.05) is 5.69 Å². The van der Waals surface area contributed by atoms with E-state index in [-0.39, 0.29) is 11.4 Å².